The first-order valence-corrected chi connectivity index (χ1v) is 15.9. The molecule has 44 heavy (non-hydrogen) atoms. The number of carbonyl (C=O) groups excluding carboxylic acids is 4. The number of benzene rings is 1. The van der Waals surface area contributed by atoms with Crippen molar-refractivity contribution in [3.8, 4) is 0 Å². The van der Waals surface area contributed by atoms with Gasteiger partial charge in [0, 0.05) is 51.9 Å². The standard InChI is InChI=1S/C32H46FN7O4/c1-4-28(41)34-21-24(32(44)39-17-15-38(3)16-18-39)19-22-11-12-26(25(33)20-22)36-31(43)29(23-9-7-6-8-10-23)37-30(42)27-13-14-35-40(27)5-2/h11-14,20,23-24,29H,4-10,15-19,21H2,1-3H3,(H,34,41)(H,36,43)(H,37,42)/t24-,29-/m0/s1. The highest BCUT2D eigenvalue weighted by Gasteiger charge is 2.33. The Hall–Kier alpha value is -3.80. The van der Waals surface area contributed by atoms with Gasteiger partial charge >= 0.3 is 0 Å². The van der Waals surface area contributed by atoms with Crippen molar-refractivity contribution in [2.75, 3.05) is 45.1 Å². The predicted molar refractivity (Wildman–Crippen MR) is 165 cm³/mol. The summed E-state index contributed by atoms with van der Waals surface area (Å²) in [6.07, 6.45) is 6.70. The number of likely N-dealkylation sites (N-methyl/N-ethyl adjacent to an activating group) is 1. The van der Waals surface area contributed by atoms with Crippen LogP contribution < -0.4 is 16.0 Å². The van der Waals surface area contributed by atoms with E-state index >= 15 is 4.39 Å². The van der Waals surface area contributed by atoms with E-state index in [4.69, 9.17) is 0 Å². The molecule has 0 bridgehead atoms. The third kappa shape index (κ3) is 8.64. The lowest BCUT2D eigenvalue weighted by Gasteiger charge is -2.34. The van der Waals surface area contributed by atoms with E-state index in [0.29, 0.717) is 37.3 Å². The van der Waals surface area contributed by atoms with Crippen LogP contribution in [-0.2, 0) is 27.3 Å². The maximum atomic E-state index is 15.4. The summed E-state index contributed by atoms with van der Waals surface area (Å²) in [5.41, 5.74) is 0.963. The van der Waals surface area contributed by atoms with Gasteiger partial charge in [-0.25, -0.2) is 4.39 Å². The minimum Gasteiger partial charge on any atom is -0.355 e. The number of carbonyl (C=O) groups is 4. The highest BCUT2D eigenvalue weighted by molar-refractivity contribution is 6.00. The van der Waals surface area contributed by atoms with Crippen LogP contribution in [0, 0.1) is 17.7 Å². The fourth-order valence-corrected chi connectivity index (χ4v) is 6.03. The zero-order valence-corrected chi connectivity index (χ0v) is 26.1. The van der Waals surface area contributed by atoms with Gasteiger partial charge in [-0.1, -0.05) is 32.3 Å². The molecule has 4 amide bonds. The SMILES string of the molecule is CCC(=O)NC[C@H](Cc1ccc(NC(=O)[C@@H](NC(=O)c2ccnn2CC)C2CCCCC2)c(F)c1)C(=O)N1CCN(C)CC1. The Bertz CT molecular complexity index is 1300. The number of amides is 4. The summed E-state index contributed by atoms with van der Waals surface area (Å²) in [5.74, 6) is -2.31. The van der Waals surface area contributed by atoms with E-state index in [1.807, 2.05) is 14.0 Å². The third-order valence-corrected chi connectivity index (χ3v) is 8.74. The molecule has 1 aromatic heterocycles. The molecular formula is C32H46FN7O4. The molecule has 1 aromatic carbocycles. The largest absolute Gasteiger partial charge is 0.355 e. The van der Waals surface area contributed by atoms with Crippen molar-refractivity contribution < 1.29 is 23.6 Å². The van der Waals surface area contributed by atoms with E-state index in [1.165, 1.54) is 12.1 Å². The molecule has 240 valence electrons. The molecule has 2 heterocycles. The first kappa shape index (κ1) is 33.1. The van der Waals surface area contributed by atoms with Crippen LogP contribution in [0.2, 0.25) is 0 Å². The summed E-state index contributed by atoms with van der Waals surface area (Å²) < 4.78 is 17.0. The van der Waals surface area contributed by atoms with Gasteiger partial charge in [0.1, 0.15) is 17.6 Å². The molecule has 1 aliphatic heterocycles. The minimum absolute atomic E-state index is 0.00800. The molecule has 2 aromatic rings. The van der Waals surface area contributed by atoms with E-state index in [1.54, 1.807) is 34.8 Å². The number of rotatable bonds is 12. The lowest BCUT2D eigenvalue weighted by molar-refractivity contribution is -0.137. The monoisotopic (exact) mass is 611 g/mol. The normalized spacial score (nSPS) is 17.5. The zero-order valence-electron chi connectivity index (χ0n) is 26.1. The molecule has 4 rings (SSSR count). The van der Waals surface area contributed by atoms with Crippen LogP contribution in [0.1, 0.15) is 68.4 Å². The Morgan fingerprint density at radius 2 is 1.75 bits per heavy atom. The van der Waals surface area contributed by atoms with Gasteiger partial charge in [0.15, 0.2) is 0 Å². The van der Waals surface area contributed by atoms with Gasteiger partial charge < -0.3 is 25.8 Å². The van der Waals surface area contributed by atoms with Gasteiger partial charge in [0.25, 0.3) is 5.91 Å². The fourth-order valence-electron chi connectivity index (χ4n) is 6.03. The van der Waals surface area contributed by atoms with Gasteiger partial charge in [-0.05, 0) is 62.9 Å². The van der Waals surface area contributed by atoms with Crippen LogP contribution in [0.15, 0.2) is 30.5 Å². The van der Waals surface area contributed by atoms with Crippen LogP contribution in [0.3, 0.4) is 0 Å². The Morgan fingerprint density at radius 3 is 2.41 bits per heavy atom. The van der Waals surface area contributed by atoms with Crippen molar-refractivity contribution in [1.29, 1.82) is 0 Å². The average molecular weight is 612 g/mol. The molecule has 1 aliphatic carbocycles. The predicted octanol–water partition coefficient (Wildman–Crippen LogP) is 2.82. The van der Waals surface area contributed by atoms with Crippen LogP contribution in [0.25, 0.3) is 0 Å². The molecule has 0 radical (unpaired) electrons. The number of hydrogen-bond acceptors (Lipinski definition) is 6. The van der Waals surface area contributed by atoms with E-state index in [2.05, 4.69) is 25.9 Å². The van der Waals surface area contributed by atoms with Crippen LogP contribution in [-0.4, -0.2) is 89.0 Å². The topological polar surface area (TPSA) is 129 Å². The maximum absolute atomic E-state index is 15.4. The minimum atomic E-state index is -0.824. The highest BCUT2D eigenvalue weighted by atomic mass is 19.1. The molecule has 0 unspecified atom stereocenters. The van der Waals surface area contributed by atoms with E-state index in [-0.39, 0.29) is 36.4 Å². The molecule has 2 atom stereocenters. The van der Waals surface area contributed by atoms with E-state index in [9.17, 15) is 19.2 Å². The summed E-state index contributed by atoms with van der Waals surface area (Å²) in [5, 5.41) is 12.6. The molecule has 2 fully saturated rings. The van der Waals surface area contributed by atoms with Crippen LogP contribution >= 0.6 is 0 Å². The van der Waals surface area contributed by atoms with Gasteiger partial charge in [-0.2, -0.15) is 5.10 Å². The summed E-state index contributed by atoms with van der Waals surface area (Å²) in [6, 6.07) is 5.31. The third-order valence-electron chi connectivity index (χ3n) is 8.74. The summed E-state index contributed by atoms with van der Waals surface area (Å²) in [6.45, 7) is 7.06. The average Bonchev–Trinajstić information content (AvgIpc) is 3.52. The number of piperazine rings is 1. The second-order valence-corrected chi connectivity index (χ2v) is 11.9. The van der Waals surface area contributed by atoms with Crippen molar-refractivity contribution in [2.24, 2.45) is 11.8 Å². The Balaban J connectivity index is 1.47. The molecule has 3 N–H and O–H groups in total. The number of nitrogens with zero attached hydrogens (tertiary/aromatic N) is 4. The maximum Gasteiger partial charge on any atom is 0.270 e. The van der Waals surface area contributed by atoms with Crippen LogP contribution in [0.5, 0.6) is 0 Å². The number of aromatic nitrogens is 2. The van der Waals surface area contributed by atoms with Crippen molar-refractivity contribution >= 4 is 29.3 Å². The smallest absolute Gasteiger partial charge is 0.270 e. The fraction of sp³-hybridized carbons (Fsp3) is 0.594. The summed E-state index contributed by atoms with van der Waals surface area (Å²) in [4.78, 5) is 56.0. The molecule has 11 nitrogen and oxygen atoms in total. The second-order valence-electron chi connectivity index (χ2n) is 11.9. The number of anilines is 1. The second kappa shape index (κ2) is 15.8. The van der Waals surface area contributed by atoms with Gasteiger partial charge in [0.05, 0.1) is 11.6 Å². The van der Waals surface area contributed by atoms with Crippen molar-refractivity contribution in [3.63, 3.8) is 0 Å². The van der Waals surface area contributed by atoms with Crippen molar-refractivity contribution in [2.45, 2.75) is 71.4 Å². The Labute approximate surface area is 258 Å². The lowest BCUT2D eigenvalue weighted by Crippen LogP contribution is -2.51. The molecule has 1 saturated heterocycles. The zero-order chi connectivity index (χ0) is 31.6. The van der Waals surface area contributed by atoms with Gasteiger partial charge in [0.2, 0.25) is 17.7 Å². The highest BCUT2D eigenvalue weighted by Crippen LogP contribution is 2.28. The van der Waals surface area contributed by atoms with Gasteiger partial charge in [-0.3, -0.25) is 23.9 Å². The van der Waals surface area contributed by atoms with E-state index in [0.717, 1.165) is 45.2 Å². The molecule has 1 saturated carbocycles. The lowest BCUT2D eigenvalue weighted by atomic mass is 9.83. The number of halogens is 1. The van der Waals surface area contributed by atoms with Gasteiger partial charge in [-0.15, -0.1) is 0 Å². The number of aryl methyl sites for hydroxylation is 1. The molecular weight excluding hydrogens is 565 g/mol. The molecule has 2 aliphatic rings. The quantitative estimate of drug-likeness (QED) is 0.339. The van der Waals surface area contributed by atoms with E-state index < -0.39 is 29.6 Å². The Kier molecular flexibility index (Phi) is 11.9. The van der Waals surface area contributed by atoms with Crippen LogP contribution in [0.4, 0.5) is 10.1 Å². The summed E-state index contributed by atoms with van der Waals surface area (Å²) in [7, 11) is 2.01. The summed E-state index contributed by atoms with van der Waals surface area (Å²) >= 11 is 0. The molecule has 12 heteroatoms. The number of nitrogens with one attached hydrogen (secondary N) is 3. The first-order chi connectivity index (χ1) is 21.2. The Morgan fingerprint density at radius 1 is 1.02 bits per heavy atom. The number of hydrogen-bond donors (Lipinski definition) is 3. The first-order valence-electron chi connectivity index (χ1n) is 15.9. The van der Waals surface area contributed by atoms with Crippen molar-refractivity contribution in [1.82, 2.24) is 30.2 Å². The van der Waals surface area contributed by atoms with Crippen molar-refractivity contribution in [3.05, 3.63) is 47.5 Å². The molecule has 0 spiro atoms.